The van der Waals surface area contributed by atoms with E-state index >= 15 is 0 Å². The van der Waals surface area contributed by atoms with Gasteiger partial charge < -0.3 is 15.2 Å². The molecule has 4 aromatic carbocycles. The van der Waals surface area contributed by atoms with E-state index in [-0.39, 0.29) is 50.4 Å². The predicted molar refractivity (Wildman–Crippen MR) is 206 cm³/mol. The Kier molecular flexibility index (Phi) is 11.0. The van der Waals surface area contributed by atoms with Gasteiger partial charge in [0.1, 0.15) is 29.8 Å². The van der Waals surface area contributed by atoms with Gasteiger partial charge in [0, 0.05) is 25.0 Å². The first-order valence-electron chi connectivity index (χ1n) is 17.9. The molecule has 1 saturated carbocycles. The Labute approximate surface area is 336 Å². The molecule has 1 aliphatic carbocycles. The van der Waals surface area contributed by atoms with Gasteiger partial charge in [0.25, 0.3) is 17.9 Å². The predicted octanol–water partition coefficient (Wildman–Crippen LogP) is 8.10. The lowest BCUT2D eigenvalue weighted by Crippen LogP contribution is -2.35. The molecule has 0 spiro atoms. The zero-order chi connectivity index (χ0) is 42.6. The highest BCUT2D eigenvalue weighted by molar-refractivity contribution is 7.93. The van der Waals surface area contributed by atoms with E-state index in [9.17, 15) is 49.5 Å². The number of anilines is 1. The van der Waals surface area contributed by atoms with Gasteiger partial charge in [0.2, 0.25) is 10.0 Å². The standard InChI is InChI=1S/C39H33ClF6N6O6S/c1-39(45,46)22-5-10-27-29(16-22)47-35(30(48-38(54)55)15-21-13-23(41)17-24(42)14-21)52(37(27)53)31-12-11-28(40)33-34(31)50(19-32(43)44)49-36(33)51(59(56,57)26-8-9-26)18-20-3-6-25(58-2)7-4-20/h3-7,10-14,16-17,26,30,32,48H,8-9,15,18-19H2,1-2H3,(H,54,55)/t30-/m0/s1. The molecule has 0 radical (unpaired) electrons. The number of hydrogen-bond acceptors (Lipinski definition) is 7. The Morgan fingerprint density at radius 1 is 1.03 bits per heavy atom. The molecule has 310 valence electrons. The van der Waals surface area contributed by atoms with Gasteiger partial charge in [-0.25, -0.2) is 48.8 Å². The Hall–Kier alpha value is -5.82. The fourth-order valence-electron chi connectivity index (χ4n) is 6.85. The normalized spacial score (nSPS) is 13.9. The van der Waals surface area contributed by atoms with E-state index in [1.54, 1.807) is 24.3 Å². The highest BCUT2D eigenvalue weighted by atomic mass is 35.5. The number of fused-ring (bicyclic) bond motifs is 2. The van der Waals surface area contributed by atoms with Crippen LogP contribution in [0.25, 0.3) is 27.5 Å². The number of aromatic nitrogens is 4. The first-order chi connectivity index (χ1) is 27.8. The van der Waals surface area contributed by atoms with E-state index in [0.717, 1.165) is 43.9 Å². The number of carboxylic acid groups (broad SMARTS) is 1. The van der Waals surface area contributed by atoms with Crippen molar-refractivity contribution in [3.05, 3.63) is 122 Å². The van der Waals surface area contributed by atoms with Crippen LogP contribution < -0.4 is 19.9 Å². The highest BCUT2D eigenvalue weighted by Gasteiger charge is 2.42. The summed E-state index contributed by atoms with van der Waals surface area (Å²) in [7, 11) is -2.78. The number of methoxy groups -OCH3 is 1. The molecule has 2 heterocycles. The molecule has 6 aromatic rings. The second-order valence-corrected chi connectivity index (χ2v) is 16.5. The average Bonchev–Trinajstić information content (AvgIpc) is 3.96. The largest absolute Gasteiger partial charge is 0.497 e. The van der Waals surface area contributed by atoms with Crippen LogP contribution in [-0.4, -0.2) is 57.7 Å². The number of benzene rings is 4. The van der Waals surface area contributed by atoms with Gasteiger partial charge in [0.15, 0.2) is 5.82 Å². The van der Waals surface area contributed by atoms with Gasteiger partial charge in [-0.3, -0.25) is 14.0 Å². The number of amides is 1. The van der Waals surface area contributed by atoms with Gasteiger partial charge >= 0.3 is 6.09 Å². The van der Waals surface area contributed by atoms with Crippen LogP contribution in [0.15, 0.2) is 77.6 Å². The van der Waals surface area contributed by atoms with E-state index < -0.39 is 81.3 Å². The molecule has 1 aliphatic rings. The number of rotatable bonds is 14. The van der Waals surface area contributed by atoms with Crippen LogP contribution in [0.5, 0.6) is 5.75 Å². The number of carbonyl (C=O) groups is 1. The summed E-state index contributed by atoms with van der Waals surface area (Å²) >= 11 is 6.79. The monoisotopic (exact) mass is 862 g/mol. The zero-order valence-electron chi connectivity index (χ0n) is 31.0. The maximum Gasteiger partial charge on any atom is 0.405 e. The maximum absolute atomic E-state index is 14.7. The molecule has 12 nitrogen and oxygen atoms in total. The third-order valence-corrected chi connectivity index (χ3v) is 12.2. The molecule has 2 N–H and O–H groups in total. The summed E-state index contributed by atoms with van der Waals surface area (Å²) in [6.07, 6.45) is -4.71. The van der Waals surface area contributed by atoms with E-state index in [4.69, 9.17) is 16.3 Å². The van der Waals surface area contributed by atoms with Crippen LogP contribution in [0.1, 0.15) is 48.3 Å². The Balaban J connectivity index is 1.55. The third kappa shape index (κ3) is 8.38. The van der Waals surface area contributed by atoms with E-state index in [1.807, 2.05) is 0 Å². The highest BCUT2D eigenvalue weighted by Crippen LogP contribution is 2.42. The van der Waals surface area contributed by atoms with Gasteiger partial charge in [-0.2, -0.15) is 5.10 Å². The van der Waals surface area contributed by atoms with Crippen LogP contribution in [0.4, 0.5) is 37.0 Å². The lowest BCUT2D eigenvalue weighted by molar-refractivity contribution is 0.0176. The molecule has 7 rings (SSSR count). The summed E-state index contributed by atoms with van der Waals surface area (Å²) < 4.78 is 123. The minimum atomic E-state index is -4.22. The Morgan fingerprint density at radius 2 is 1.71 bits per heavy atom. The maximum atomic E-state index is 14.7. The molecule has 0 aliphatic heterocycles. The van der Waals surface area contributed by atoms with Crippen LogP contribution in [0.2, 0.25) is 5.02 Å². The summed E-state index contributed by atoms with van der Waals surface area (Å²) in [5, 5.41) is 15.1. The molecule has 1 fully saturated rings. The van der Waals surface area contributed by atoms with E-state index in [1.165, 1.54) is 19.2 Å². The summed E-state index contributed by atoms with van der Waals surface area (Å²) in [6.45, 7) is -0.869. The van der Waals surface area contributed by atoms with Crippen LogP contribution in [0, 0.1) is 11.6 Å². The fraction of sp³-hybridized carbons (Fsp3) is 0.282. The summed E-state index contributed by atoms with van der Waals surface area (Å²) in [5.41, 5.74) is -2.13. The molecule has 0 unspecified atom stereocenters. The SMILES string of the molecule is COc1ccc(CN(c2nn(CC(F)F)c3c(-n4c([C@H](Cc5cc(F)cc(F)c5)NC(=O)O)nc5cc(C(C)(F)F)ccc5c4=O)ccc(Cl)c23)S(=O)(=O)C2CC2)cc1. The number of alkyl halides is 4. The Bertz CT molecular complexity index is 2760. The molecular formula is C39H33ClF6N6O6S. The number of nitrogens with one attached hydrogen (secondary N) is 1. The summed E-state index contributed by atoms with van der Waals surface area (Å²) in [6, 6.07) is 12.6. The van der Waals surface area contributed by atoms with Crippen molar-refractivity contribution < 1.29 is 49.4 Å². The molecule has 2 aromatic heterocycles. The second-order valence-electron chi connectivity index (χ2n) is 14.0. The molecule has 59 heavy (non-hydrogen) atoms. The minimum absolute atomic E-state index is 0.110. The van der Waals surface area contributed by atoms with E-state index in [0.29, 0.717) is 37.1 Å². The molecular weight excluding hydrogens is 830 g/mol. The van der Waals surface area contributed by atoms with E-state index in [2.05, 4.69) is 15.4 Å². The first-order valence-corrected chi connectivity index (χ1v) is 19.7. The van der Waals surface area contributed by atoms with Gasteiger partial charge in [0.05, 0.1) is 57.5 Å². The number of halogens is 7. The van der Waals surface area contributed by atoms with Crippen molar-refractivity contribution in [2.75, 3.05) is 11.4 Å². The van der Waals surface area contributed by atoms with Crippen LogP contribution >= 0.6 is 11.6 Å². The van der Waals surface area contributed by atoms with Gasteiger partial charge in [-0.1, -0.05) is 29.8 Å². The summed E-state index contributed by atoms with van der Waals surface area (Å²) in [5.74, 6) is -5.84. The van der Waals surface area contributed by atoms with Gasteiger partial charge in [-0.15, -0.1) is 0 Å². The molecule has 0 saturated heterocycles. The van der Waals surface area contributed by atoms with Crippen LogP contribution in [-0.2, 0) is 35.5 Å². The van der Waals surface area contributed by atoms with Crippen molar-refractivity contribution in [1.82, 2.24) is 24.6 Å². The third-order valence-electron chi connectivity index (χ3n) is 9.70. The summed E-state index contributed by atoms with van der Waals surface area (Å²) in [4.78, 5) is 31.5. The zero-order valence-corrected chi connectivity index (χ0v) is 32.5. The first kappa shape index (κ1) is 41.3. The number of ether oxygens (including phenoxy) is 1. The van der Waals surface area contributed by atoms with Gasteiger partial charge in [-0.05, 0) is 72.5 Å². The molecule has 0 bridgehead atoms. The lowest BCUT2D eigenvalue weighted by Gasteiger charge is -2.24. The van der Waals surface area contributed by atoms with Crippen LogP contribution in [0.3, 0.4) is 0 Å². The lowest BCUT2D eigenvalue weighted by atomic mass is 10.0. The van der Waals surface area contributed by atoms with Crippen molar-refractivity contribution in [2.45, 2.75) is 62.9 Å². The smallest absolute Gasteiger partial charge is 0.405 e. The van der Waals surface area contributed by atoms with Crippen molar-refractivity contribution >= 4 is 55.3 Å². The van der Waals surface area contributed by atoms with Crippen molar-refractivity contribution in [3.63, 3.8) is 0 Å². The number of hydrogen-bond donors (Lipinski definition) is 2. The topological polar surface area (TPSA) is 149 Å². The van der Waals surface area contributed by atoms with Crippen molar-refractivity contribution in [3.8, 4) is 11.4 Å². The van der Waals surface area contributed by atoms with Crippen molar-refractivity contribution in [2.24, 2.45) is 0 Å². The molecule has 1 amide bonds. The van der Waals surface area contributed by atoms with Crippen molar-refractivity contribution in [1.29, 1.82) is 0 Å². The minimum Gasteiger partial charge on any atom is -0.497 e. The molecule has 20 heteroatoms. The fourth-order valence-corrected chi connectivity index (χ4v) is 8.88. The number of nitrogens with zero attached hydrogens (tertiary/aromatic N) is 5. The molecule has 1 atom stereocenters. The number of sulfonamides is 1. The average molecular weight is 863 g/mol. The Morgan fingerprint density at radius 3 is 2.31 bits per heavy atom. The quantitative estimate of drug-likeness (QED) is 0.104. The second kappa shape index (κ2) is 15.7.